The molecule has 2 aromatic carbocycles. The van der Waals surface area contributed by atoms with Crippen LogP contribution in [0, 0.1) is 52.3 Å². The molecule has 8 fully saturated rings. The molecular formula is C29H26N2O4. The fourth-order valence-corrected chi connectivity index (χ4v) is 11.4. The maximum atomic E-state index is 14.0. The lowest BCUT2D eigenvalue weighted by Gasteiger charge is -2.74. The number of imide groups is 1. The molecule has 10 rings (SSSR count). The van der Waals surface area contributed by atoms with Crippen LogP contribution in [0.3, 0.4) is 0 Å². The van der Waals surface area contributed by atoms with Gasteiger partial charge in [-0.1, -0.05) is 42.5 Å². The van der Waals surface area contributed by atoms with Gasteiger partial charge in [0.2, 0.25) is 5.91 Å². The summed E-state index contributed by atoms with van der Waals surface area (Å²) in [7, 11) is 0. The van der Waals surface area contributed by atoms with Gasteiger partial charge >= 0.3 is 6.03 Å². The van der Waals surface area contributed by atoms with Crippen LogP contribution in [0.2, 0.25) is 0 Å². The van der Waals surface area contributed by atoms with Gasteiger partial charge in [0, 0.05) is 11.8 Å². The van der Waals surface area contributed by atoms with Crippen LogP contribution in [0.15, 0.2) is 42.5 Å². The number of rotatable bonds is 2. The first-order valence-corrected chi connectivity index (χ1v) is 13.2. The first kappa shape index (κ1) is 19.2. The Kier molecular flexibility index (Phi) is 3.03. The fraction of sp³-hybridized carbons (Fsp3) is 0.517. The summed E-state index contributed by atoms with van der Waals surface area (Å²) in [6.07, 6.45) is 2.25. The molecule has 6 nitrogen and oxygen atoms in total. The first-order valence-electron chi connectivity index (χ1n) is 13.2. The van der Waals surface area contributed by atoms with Gasteiger partial charge in [0.05, 0.1) is 28.8 Å². The van der Waals surface area contributed by atoms with E-state index in [1.54, 1.807) is 0 Å². The predicted octanol–water partition coefficient (Wildman–Crippen LogP) is 3.50. The number of piperidine rings is 2. The third-order valence-corrected chi connectivity index (χ3v) is 11.8. The standard InChI is InChI=1S/C29H26N2O4/c1-12(14-8-4-6-13-5-2-3-7-15(13)14)30-27(35)31-19-10-9-18(26(31)34)28-22-16-11-17-21(20(16)24(28)32)25(33)29(19,28)23(17)22/h2-8,12,16-23H,9-11H2,1H3,(H,30,35). The number of urea groups is 1. The van der Waals surface area contributed by atoms with E-state index in [-0.39, 0.29) is 47.2 Å². The van der Waals surface area contributed by atoms with Gasteiger partial charge in [0.15, 0.2) is 0 Å². The van der Waals surface area contributed by atoms with Gasteiger partial charge in [0.25, 0.3) is 0 Å². The topological polar surface area (TPSA) is 83.6 Å². The lowest BCUT2D eigenvalue weighted by Crippen LogP contribution is -2.85. The molecule has 8 aliphatic rings. The summed E-state index contributed by atoms with van der Waals surface area (Å²) < 4.78 is 0. The highest BCUT2D eigenvalue weighted by Gasteiger charge is 3.00. The number of carbonyl (C=O) groups is 4. The first-order chi connectivity index (χ1) is 17.0. The van der Waals surface area contributed by atoms with Crippen LogP contribution in [0.1, 0.15) is 37.8 Å². The lowest BCUT2D eigenvalue weighted by atomic mass is 9.29. The molecule has 2 aromatic rings. The zero-order valence-corrected chi connectivity index (χ0v) is 19.4. The summed E-state index contributed by atoms with van der Waals surface area (Å²) in [4.78, 5) is 56.9. The SMILES string of the molecule is CC(NC(=O)N1C(=O)C2CCC1C13C(=O)C4C5CC6C4C(=O)C21C6C53)c1cccc2ccccc12. The van der Waals surface area contributed by atoms with E-state index in [0.717, 1.165) is 22.8 Å². The Morgan fingerprint density at radius 1 is 0.943 bits per heavy atom. The summed E-state index contributed by atoms with van der Waals surface area (Å²) in [6, 6.07) is 12.9. The molecule has 11 unspecified atom stereocenters. The number of carbonyl (C=O) groups excluding carboxylic acids is 4. The molecule has 2 aliphatic heterocycles. The number of nitrogens with one attached hydrogen (secondary N) is 1. The zero-order chi connectivity index (χ0) is 23.6. The van der Waals surface area contributed by atoms with Crippen LogP contribution in [0.25, 0.3) is 10.8 Å². The number of nitrogens with zero attached hydrogens (tertiary/aromatic N) is 1. The number of fused-ring (bicyclic) bond motifs is 4. The summed E-state index contributed by atoms with van der Waals surface area (Å²) in [5.74, 6) is 0.485. The summed E-state index contributed by atoms with van der Waals surface area (Å²) in [5.41, 5.74) is -0.581. The van der Waals surface area contributed by atoms with Gasteiger partial charge in [-0.3, -0.25) is 19.3 Å². The van der Waals surface area contributed by atoms with Gasteiger partial charge < -0.3 is 5.32 Å². The van der Waals surface area contributed by atoms with E-state index in [2.05, 4.69) is 5.32 Å². The van der Waals surface area contributed by atoms with Crippen molar-refractivity contribution in [3.63, 3.8) is 0 Å². The molecule has 176 valence electrons. The highest BCUT2D eigenvalue weighted by Crippen LogP contribution is 2.94. The number of amides is 3. The fourth-order valence-electron chi connectivity index (χ4n) is 11.4. The van der Waals surface area contributed by atoms with Gasteiger partial charge in [-0.25, -0.2) is 4.79 Å². The zero-order valence-electron chi connectivity index (χ0n) is 19.4. The van der Waals surface area contributed by atoms with E-state index in [0.29, 0.717) is 24.7 Å². The van der Waals surface area contributed by atoms with Crippen LogP contribution >= 0.6 is 0 Å². The number of hydrogen-bond acceptors (Lipinski definition) is 4. The molecule has 11 atom stereocenters. The minimum Gasteiger partial charge on any atom is -0.331 e. The average Bonchev–Trinajstić information content (AvgIpc) is 3.41. The van der Waals surface area contributed by atoms with Crippen LogP contribution < -0.4 is 5.32 Å². The molecule has 4 bridgehead atoms. The van der Waals surface area contributed by atoms with E-state index in [4.69, 9.17) is 0 Å². The van der Waals surface area contributed by atoms with Crippen molar-refractivity contribution in [1.82, 2.24) is 10.2 Å². The molecule has 0 radical (unpaired) electrons. The minimum absolute atomic E-state index is 0.134. The Bertz CT molecular complexity index is 1440. The molecule has 35 heavy (non-hydrogen) atoms. The van der Waals surface area contributed by atoms with E-state index >= 15 is 0 Å². The molecule has 6 saturated carbocycles. The molecule has 2 saturated heterocycles. The Morgan fingerprint density at radius 3 is 2.43 bits per heavy atom. The van der Waals surface area contributed by atoms with Gasteiger partial charge in [-0.05, 0) is 66.2 Å². The largest absolute Gasteiger partial charge is 0.331 e. The quantitative estimate of drug-likeness (QED) is 0.734. The molecule has 2 spiro atoms. The summed E-state index contributed by atoms with van der Waals surface area (Å²) >= 11 is 0. The normalized spacial score (nSPS) is 47.6. The molecule has 3 amide bonds. The Hall–Kier alpha value is -3.02. The third-order valence-electron chi connectivity index (χ3n) is 11.8. The Morgan fingerprint density at radius 2 is 1.63 bits per heavy atom. The Labute approximate surface area is 202 Å². The Balaban J connectivity index is 1.12. The van der Waals surface area contributed by atoms with Gasteiger partial charge in [0.1, 0.15) is 11.6 Å². The molecule has 0 aromatic heterocycles. The van der Waals surface area contributed by atoms with Gasteiger partial charge in [-0.15, -0.1) is 0 Å². The second-order valence-corrected chi connectivity index (χ2v) is 12.2. The number of Topliss-reactive ketones (excluding diaryl/α,β-unsaturated/α-hetero) is 2. The maximum absolute atomic E-state index is 14.0. The smallest absolute Gasteiger partial charge is 0.324 e. The van der Waals surface area contributed by atoms with Crippen molar-refractivity contribution in [3.05, 3.63) is 48.0 Å². The van der Waals surface area contributed by atoms with E-state index in [1.807, 2.05) is 49.4 Å². The van der Waals surface area contributed by atoms with Crippen molar-refractivity contribution in [2.75, 3.05) is 0 Å². The summed E-state index contributed by atoms with van der Waals surface area (Å²) in [6.45, 7) is 1.94. The minimum atomic E-state index is -0.789. The van der Waals surface area contributed by atoms with Crippen molar-refractivity contribution >= 4 is 34.3 Å². The second-order valence-electron chi connectivity index (χ2n) is 12.2. The highest BCUT2D eigenvalue weighted by atomic mass is 16.2. The van der Waals surface area contributed by atoms with E-state index in [1.165, 1.54) is 4.90 Å². The molecule has 6 heteroatoms. The van der Waals surface area contributed by atoms with Crippen molar-refractivity contribution < 1.29 is 19.2 Å². The van der Waals surface area contributed by atoms with Crippen molar-refractivity contribution in [3.8, 4) is 0 Å². The second kappa shape index (κ2) is 5.53. The average molecular weight is 467 g/mol. The molecule has 2 heterocycles. The molecule has 6 aliphatic carbocycles. The van der Waals surface area contributed by atoms with E-state index < -0.39 is 28.8 Å². The van der Waals surface area contributed by atoms with Gasteiger partial charge in [-0.2, -0.15) is 0 Å². The maximum Gasteiger partial charge on any atom is 0.324 e. The lowest BCUT2D eigenvalue weighted by molar-refractivity contribution is -0.258. The molecule has 1 N–H and O–H groups in total. The summed E-state index contributed by atoms with van der Waals surface area (Å²) in [5, 5.41) is 5.26. The number of hydrogen-bond donors (Lipinski definition) is 1. The van der Waals surface area contributed by atoms with Crippen LogP contribution in [-0.4, -0.2) is 34.4 Å². The third kappa shape index (κ3) is 1.59. The highest BCUT2D eigenvalue weighted by molar-refractivity contribution is 6.16. The molecular weight excluding hydrogens is 440 g/mol. The van der Waals surface area contributed by atoms with Crippen molar-refractivity contribution in [2.24, 2.45) is 52.3 Å². The number of benzene rings is 2. The van der Waals surface area contributed by atoms with E-state index in [9.17, 15) is 19.2 Å². The number of ketones is 2. The van der Waals surface area contributed by atoms with Crippen LogP contribution in [-0.2, 0) is 14.4 Å². The van der Waals surface area contributed by atoms with Crippen LogP contribution in [0.4, 0.5) is 4.79 Å². The van der Waals surface area contributed by atoms with Crippen molar-refractivity contribution in [2.45, 2.75) is 38.3 Å². The monoisotopic (exact) mass is 466 g/mol. The predicted molar refractivity (Wildman–Crippen MR) is 125 cm³/mol. The van der Waals surface area contributed by atoms with Crippen molar-refractivity contribution in [1.29, 1.82) is 0 Å². The van der Waals surface area contributed by atoms with Crippen LogP contribution in [0.5, 0.6) is 0 Å².